The summed E-state index contributed by atoms with van der Waals surface area (Å²) in [6.07, 6.45) is -39.2. The van der Waals surface area contributed by atoms with E-state index in [1.54, 1.807) is 0 Å². The van der Waals surface area contributed by atoms with Crippen LogP contribution in [0, 0.1) is 23.7 Å². The lowest BCUT2D eigenvalue weighted by molar-refractivity contribution is -0.367. The Hall–Kier alpha value is -2.10. The van der Waals surface area contributed by atoms with Gasteiger partial charge in [0.05, 0.1) is 67.1 Å². The quantitative estimate of drug-likeness (QED) is 0.0504. The van der Waals surface area contributed by atoms with Gasteiger partial charge in [0.1, 0.15) is 117 Å². The third kappa shape index (κ3) is 14.8. The Bertz CT molecular complexity index is 2060. The van der Waals surface area contributed by atoms with Crippen molar-refractivity contribution in [3.05, 3.63) is 0 Å². The first-order chi connectivity index (χ1) is 39.4. The van der Waals surface area contributed by atoms with Crippen LogP contribution >= 0.6 is 0 Å². The molecule has 5 heterocycles. The molecule has 9 fully saturated rings. The van der Waals surface area contributed by atoms with Gasteiger partial charge in [-0.2, -0.15) is 0 Å². The van der Waals surface area contributed by atoms with Crippen LogP contribution in [-0.2, 0) is 57.0 Å². The van der Waals surface area contributed by atoms with Crippen LogP contribution in [0.2, 0.25) is 0 Å². The monoisotopic (exact) mass is 1200 g/mol. The Morgan fingerprint density at radius 1 is 0.422 bits per heavy atom. The molecule has 0 spiro atoms. The molecule has 0 radical (unpaired) electrons. The normalized spacial score (nSPS) is 51.8. The number of hydrogen-bond donors (Lipinski definition) is 17. The van der Waals surface area contributed by atoms with Gasteiger partial charge in [-0.05, 0) is 77.6 Å². The zero-order valence-electron chi connectivity index (χ0n) is 45.9. The van der Waals surface area contributed by atoms with E-state index in [1.807, 2.05) is 0 Å². The highest BCUT2D eigenvalue weighted by Gasteiger charge is 2.58. The first-order valence-electron chi connectivity index (χ1n) is 29.2. The minimum atomic E-state index is -1.87. The van der Waals surface area contributed by atoms with Crippen molar-refractivity contribution in [3.8, 4) is 0 Å². The molecular weight excluding hydrogens is 1120 g/mol. The molecule has 5 aliphatic heterocycles. The lowest BCUT2D eigenvalue weighted by Crippen LogP contribution is -2.64. The maximum absolute atomic E-state index is 13.4. The van der Waals surface area contributed by atoms with Crippen LogP contribution in [0.25, 0.3) is 0 Å². The molecule has 30 nitrogen and oxygen atoms in total. The summed E-state index contributed by atoms with van der Waals surface area (Å²) >= 11 is 0. The van der Waals surface area contributed by atoms with Crippen LogP contribution in [0.15, 0.2) is 0 Å². The van der Waals surface area contributed by atoms with Crippen molar-refractivity contribution < 1.29 is 149 Å². The molecule has 0 aromatic rings. The van der Waals surface area contributed by atoms with Crippen LogP contribution in [0.1, 0.15) is 90.4 Å². The van der Waals surface area contributed by atoms with E-state index in [-0.39, 0.29) is 57.8 Å². The van der Waals surface area contributed by atoms with E-state index < -0.39 is 239 Å². The molecule has 478 valence electrons. The van der Waals surface area contributed by atoms with Gasteiger partial charge in [0.15, 0.2) is 37.4 Å². The molecule has 4 saturated carbocycles. The van der Waals surface area contributed by atoms with Gasteiger partial charge in [-0.25, -0.2) is 0 Å². The highest BCUT2D eigenvalue weighted by Crippen LogP contribution is 2.44. The van der Waals surface area contributed by atoms with E-state index in [0.29, 0.717) is 25.7 Å². The van der Waals surface area contributed by atoms with Gasteiger partial charge in [0.25, 0.3) is 0 Å². The molecule has 28 atom stereocenters. The molecule has 28 unspecified atom stereocenters. The van der Waals surface area contributed by atoms with Crippen LogP contribution < -0.4 is 0 Å². The summed E-state index contributed by atoms with van der Waals surface area (Å²) in [6, 6.07) is 0. The summed E-state index contributed by atoms with van der Waals surface area (Å²) in [6.45, 7) is -0.128. The molecule has 30 heteroatoms. The average Bonchev–Trinajstić information content (AvgIpc) is 3.65. The Morgan fingerprint density at radius 3 is 1.39 bits per heavy atom. The van der Waals surface area contributed by atoms with Gasteiger partial charge in [-0.3, -0.25) is 9.59 Å². The van der Waals surface area contributed by atoms with E-state index in [4.69, 9.17) is 52.1 Å². The van der Waals surface area contributed by atoms with Crippen molar-refractivity contribution in [2.24, 2.45) is 23.7 Å². The average molecular weight is 1200 g/mol. The van der Waals surface area contributed by atoms with Crippen molar-refractivity contribution >= 4 is 11.9 Å². The fourth-order valence-electron chi connectivity index (χ4n) is 13.4. The molecule has 0 aromatic heterocycles. The van der Waals surface area contributed by atoms with Crippen LogP contribution in [-0.4, -0.2) is 307 Å². The minimum absolute atomic E-state index is 0.0163. The molecule has 18 N–H and O–H groups in total. The van der Waals surface area contributed by atoms with Gasteiger partial charge in [-0.1, -0.05) is 0 Å². The number of hydrogen-bond acceptors (Lipinski definition) is 29. The smallest absolute Gasteiger partial charge is 0.309 e. The minimum Gasteiger partial charge on any atom is -0.463 e. The number of aliphatic hydroxyl groups excluding tert-OH is 17. The molecule has 5 saturated heterocycles. The van der Waals surface area contributed by atoms with Crippen LogP contribution in [0.3, 0.4) is 0 Å². The summed E-state index contributed by atoms with van der Waals surface area (Å²) in [7, 11) is 0. The number of carbonyl (C=O) groups excluding carboxylic acids is 2. The Balaban J connectivity index is 0.771. The predicted octanol–water partition coefficient (Wildman–Crippen LogP) is -7.83. The maximum atomic E-state index is 13.4. The van der Waals surface area contributed by atoms with E-state index in [0.717, 1.165) is 0 Å². The molecule has 0 bridgehead atoms. The standard InChI is InChI=1S/C53H86O30/c1-18-34(58)39(63)43(67)50(76-18)75-17-33-38(62)42(66)46(70)53(83-33)80-30-14-25-26(55)12-24(13-29(25)79-47(30)21-10-27(56)35(59)28(57)11-21)78-52-45(69)41(65)37(61)32(82-52)16-74-49(72)20-4-8-23(9-5-20)77-51-44(68)40(64)36(60)31(81-51)15-73-48(71)19-2-6-22(54)7-3-19/h18-47,50-70H,2-17H2,1H3/p+1. The number of fused-ring (bicyclic) bond motifs is 1. The van der Waals surface area contributed by atoms with Crippen molar-refractivity contribution in [3.63, 3.8) is 0 Å². The topological polar surface area (TPSA) is 483 Å². The van der Waals surface area contributed by atoms with Gasteiger partial charge >= 0.3 is 11.9 Å². The van der Waals surface area contributed by atoms with Crippen molar-refractivity contribution in [1.29, 1.82) is 0 Å². The number of ether oxygens (including phenoxy) is 11. The zero-order chi connectivity index (χ0) is 59.9. The van der Waals surface area contributed by atoms with Gasteiger partial charge in [0, 0.05) is 18.8 Å². The molecule has 0 amide bonds. The van der Waals surface area contributed by atoms with Crippen molar-refractivity contribution in [2.75, 3.05) is 19.8 Å². The first kappa shape index (κ1) is 65.3. The van der Waals surface area contributed by atoms with Crippen molar-refractivity contribution in [1.82, 2.24) is 0 Å². The highest BCUT2D eigenvalue weighted by atomic mass is 16.7. The maximum Gasteiger partial charge on any atom is 0.309 e. The van der Waals surface area contributed by atoms with Gasteiger partial charge in [0.2, 0.25) is 0 Å². The fraction of sp³-hybridized carbons (Fsp3) is 0.962. The third-order valence-corrected chi connectivity index (χ3v) is 18.6. The summed E-state index contributed by atoms with van der Waals surface area (Å²) in [5.41, 5.74) is 0. The van der Waals surface area contributed by atoms with E-state index in [2.05, 4.69) is 0 Å². The molecule has 4 aliphatic carbocycles. The largest absolute Gasteiger partial charge is 0.463 e. The van der Waals surface area contributed by atoms with Crippen molar-refractivity contribution in [2.45, 2.75) is 274 Å². The van der Waals surface area contributed by atoms with Crippen LogP contribution in [0.4, 0.5) is 0 Å². The summed E-state index contributed by atoms with van der Waals surface area (Å²) in [5, 5.41) is 182. The van der Waals surface area contributed by atoms with E-state index in [1.165, 1.54) is 6.92 Å². The number of esters is 2. The van der Waals surface area contributed by atoms with Gasteiger partial charge < -0.3 is 139 Å². The molecule has 9 rings (SSSR count). The summed E-state index contributed by atoms with van der Waals surface area (Å²) in [5.74, 6) is -3.62. The Kier molecular flexibility index (Phi) is 22.2. The Morgan fingerprint density at radius 2 is 0.867 bits per heavy atom. The second-order valence-electron chi connectivity index (χ2n) is 24.4. The third-order valence-electron chi connectivity index (χ3n) is 18.6. The molecule has 9 aliphatic rings. The number of carbonyl (C=O) groups is 2. The second-order valence-corrected chi connectivity index (χ2v) is 24.4. The summed E-state index contributed by atoms with van der Waals surface area (Å²) < 4.78 is 63.3. The number of rotatable bonds is 16. The SMILES string of the molecule is CC1OC(OCC2OC(OC3CC4C(O)CC(OC5OC(COC(=O)C6CCC(OC7OC(COC(=O)C8CCC(O)CC8)C(O)C(O)C7O)CC6)C(O)C(O)C5O)CC4[OH+]C3C3CC(O)C(O)C(O)C3)C(O)C(O)C2O)C(O)C(O)C1O. The predicted molar refractivity (Wildman–Crippen MR) is 269 cm³/mol. The molecular formula is C53H87O30+. The highest BCUT2D eigenvalue weighted by molar-refractivity contribution is 5.73. The lowest BCUT2D eigenvalue weighted by atomic mass is 9.72. The molecule has 0 aromatic carbocycles. The van der Waals surface area contributed by atoms with Gasteiger partial charge in [-0.15, -0.1) is 0 Å². The second kappa shape index (κ2) is 28.2. The van der Waals surface area contributed by atoms with E-state index >= 15 is 0 Å². The number of aliphatic hydroxyl groups is 19. The zero-order valence-corrected chi connectivity index (χ0v) is 45.9. The summed E-state index contributed by atoms with van der Waals surface area (Å²) in [4.78, 5) is 26.1. The van der Waals surface area contributed by atoms with E-state index in [9.17, 15) is 96.4 Å². The fourth-order valence-corrected chi connectivity index (χ4v) is 13.4. The lowest BCUT2D eigenvalue weighted by Gasteiger charge is -2.49. The molecule has 83 heavy (non-hydrogen) atoms. The van der Waals surface area contributed by atoms with Crippen LogP contribution in [0.5, 0.6) is 0 Å². The Labute approximate surface area is 477 Å². The first-order valence-corrected chi connectivity index (χ1v) is 29.2.